The number of hydrogen-bond donors (Lipinski definition) is 3. The van der Waals surface area contributed by atoms with Crippen LogP contribution in [0.2, 0.25) is 0 Å². The number of aromatic nitrogens is 2. The van der Waals surface area contributed by atoms with E-state index in [9.17, 15) is 9.90 Å². The number of imidazole rings is 1. The topological polar surface area (TPSA) is 101 Å². The van der Waals surface area contributed by atoms with E-state index in [-0.39, 0.29) is 12.2 Å². The Bertz CT molecular complexity index is 414. The van der Waals surface area contributed by atoms with Crippen LogP contribution in [0.4, 0.5) is 0 Å². The molecule has 0 spiro atoms. The van der Waals surface area contributed by atoms with E-state index in [1.54, 1.807) is 4.57 Å². The van der Waals surface area contributed by atoms with E-state index in [1.807, 2.05) is 0 Å². The highest BCUT2D eigenvalue weighted by molar-refractivity contribution is 5.87. The van der Waals surface area contributed by atoms with Crippen molar-refractivity contribution in [1.29, 1.82) is 0 Å². The molecule has 0 amide bonds. The molecule has 0 bridgehead atoms. The van der Waals surface area contributed by atoms with Crippen molar-refractivity contribution in [2.45, 2.75) is 31.9 Å². The number of aliphatic hydroxyl groups is 1. The Hall–Kier alpha value is -1.40. The molecular weight excluding hydrogens is 210 g/mol. The molecule has 6 nitrogen and oxygen atoms in total. The third-order valence-corrected chi connectivity index (χ3v) is 2.87. The molecule has 0 fully saturated rings. The van der Waals surface area contributed by atoms with Crippen LogP contribution in [0.3, 0.4) is 0 Å². The summed E-state index contributed by atoms with van der Waals surface area (Å²) in [6.45, 7) is 0.761. The molecule has 6 heteroatoms. The number of nitrogens with zero attached hydrogens (tertiary/aromatic N) is 2. The van der Waals surface area contributed by atoms with Crippen LogP contribution in [-0.4, -0.2) is 32.3 Å². The molecule has 4 N–H and O–H groups in total. The first-order valence-electron chi connectivity index (χ1n) is 5.36. The molecule has 0 aromatic carbocycles. The molecule has 0 aliphatic carbocycles. The van der Waals surface area contributed by atoms with Gasteiger partial charge < -0.3 is 20.5 Å². The van der Waals surface area contributed by atoms with Crippen LogP contribution in [0.1, 0.15) is 41.0 Å². The van der Waals surface area contributed by atoms with E-state index < -0.39 is 12.1 Å². The summed E-state index contributed by atoms with van der Waals surface area (Å²) >= 11 is 0. The molecule has 0 saturated carbocycles. The lowest BCUT2D eigenvalue weighted by Gasteiger charge is -2.18. The van der Waals surface area contributed by atoms with E-state index in [1.165, 1.54) is 0 Å². The molecule has 88 valence electrons. The molecule has 0 radical (unpaired) electrons. The summed E-state index contributed by atoms with van der Waals surface area (Å²) in [5, 5.41) is 18.7. The van der Waals surface area contributed by atoms with Gasteiger partial charge in [0.15, 0.2) is 5.69 Å². The molecule has 1 aliphatic rings. The van der Waals surface area contributed by atoms with E-state index >= 15 is 0 Å². The summed E-state index contributed by atoms with van der Waals surface area (Å²) in [6.07, 6.45) is 1.76. The standard InChI is InChI=1S/C10H15N3O3/c11-5-7(14)9-12-8(10(15)16)6-3-1-2-4-13(6)9/h7,14H,1-5,11H2,(H,15,16). The highest BCUT2D eigenvalue weighted by atomic mass is 16.4. The molecule has 1 atom stereocenters. The third kappa shape index (κ3) is 1.70. The average molecular weight is 225 g/mol. The van der Waals surface area contributed by atoms with Crippen LogP contribution in [-0.2, 0) is 13.0 Å². The smallest absolute Gasteiger partial charge is 0.356 e. The number of rotatable bonds is 3. The van der Waals surface area contributed by atoms with Gasteiger partial charge in [0, 0.05) is 13.1 Å². The predicted octanol–water partition coefficient (Wildman–Crippen LogP) is -0.0903. The van der Waals surface area contributed by atoms with Crippen LogP contribution in [0, 0.1) is 0 Å². The maximum absolute atomic E-state index is 11.0. The molecule has 1 aliphatic heterocycles. The fourth-order valence-corrected chi connectivity index (χ4v) is 2.10. The minimum absolute atomic E-state index is 0.0511. The van der Waals surface area contributed by atoms with Crippen LogP contribution >= 0.6 is 0 Å². The largest absolute Gasteiger partial charge is 0.476 e. The Labute approximate surface area is 92.7 Å². The maximum atomic E-state index is 11.0. The summed E-state index contributed by atoms with van der Waals surface area (Å²) < 4.78 is 1.80. The Kier molecular flexibility index (Phi) is 2.93. The lowest BCUT2D eigenvalue weighted by atomic mass is 10.1. The molecule has 1 unspecified atom stereocenters. The molecule has 2 heterocycles. The summed E-state index contributed by atoms with van der Waals surface area (Å²) in [4.78, 5) is 15.0. The van der Waals surface area contributed by atoms with Gasteiger partial charge in [-0.05, 0) is 19.3 Å². The van der Waals surface area contributed by atoms with Crippen molar-refractivity contribution in [3.63, 3.8) is 0 Å². The second kappa shape index (κ2) is 4.23. The van der Waals surface area contributed by atoms with Crippen molar-refractivity contribution in [3.05, 3.63) is 17.2 Å². The van der Waals surface area contributed by atoms with Crippen molar-refractivity contribution < 1.29 is 15.0 Å². The summed E-state index contributed by atoms with van der Waals surface area (Å²) in [5.41, 5.74) is 6.14. The zero-order chi connectivity index (χ0) is 11.7. The second-order valence-electron chi connectivity index (χ2n) is 3.93. The van der Waals surface area contributed by atoms with Gasteiger partial charge in [0.1, 0.15) is 11.9 Å². The number of carboxylic acid groups (broad SMARTS) is 1. The van der Waals surface area contributed by atoms with Crippen LogP contribution in [0.15, 0.2) is 0 Å². The second-order valence-corrected chi connectivity index (χ2v) is 3.93. The summed E-state index contributed by atoms with van der Waals surface area (Å²) in [7, 11) is 0. The summed E-state index contributed by atoms with van der Waals surface area (Å²) in [6, 6.07) is 0. The SMILES string of the molecule is NCC(O)c1nc(C(=O)O)c2n1CCCC2. The van der Waals surface area contributed by atoms with Crippen LogP contribution in [0.25, 0.3) is 0 Å². The monoisotopic (exact) mass is 225 g/mol. The molecule has 1 aromatic heterocycles. The average Bonchev–Trinajstić information content (AvgIpc) is 2.67. The van der Waals surface area contributed by atoms with Crippen LogP contribution in [0.5, 0.6) is 0 Å². The van der Waals surface area contributed by atoms with Gasteiger partial charge in [0.2, 0.25) is 0 Å². The lowest BCUT2D eigenvalue weighted by molar-refractivity contribution is 0.0689. The molecular formula is C10H15N3O3. The third-order valence-electron chi connectivity index (χ3n) is 2.87. The first-order valence-corrected chi connectivity index (χ1v) is 5.36. The van der Waals surface area contributed by atoms with Gasteiger partial charge in [-0.2, -0.15) is 0 Å². The highest BCUT2D eigenvalue weighted by Gasteiger charge is 2.26. The molecule has 2 rings (SSSR count). The Morgan fingerprint density at radius 1 is 1.56 bits per heavy atom. The van der Waals surface area contributed by atoms with Gasteiger partial charge >= 0.3 is 5.97 Å². The van der Waals surface area contributed by atoms with Crippen LogP contribution < -0.4 is 5.73 Å². The zero-order valence-electron chi connectivity index (χ0n) is 8.89. The van der Waals surface area contributed by atoms with E-state index in [0.717, 1.165) is 12.8 Å². The minimum Gasteiger partial charge on any atom is -0.476 e. The normalized spacial score (nSPS) is 16.9. The maximum Gasteiger partial charge on any atom is 0.356 e. The van der Waals surface area contributed by atoms with Gasteiger partial charge in [-0.25, -0.2) is 9.78 Å². The van der Waals surface area contributed by atoms with Crippen molar-refractivity contribution in [3.8, 4) is 0 Å². The van der Waals surface area contributed by atoms with Gasteiger partial charge in [-0.15, -0.1) is 0 Å². The quantitative estimate of drug-likeness (QED) is 0.667. The van der Waals surface area contributed by atoms with Gasteiger partial charge in [-0.3, -0.25) is 0 Å². The number of aliphatic hydroxyl groups excluding tert-OH is 1. The predicted molar refractivity (Wildman–Crippen MR) is 56.1 cm³/mol. The van der Waals surface area contributed by atoms with Gasteiger partial charge in [-0.1, -0.05) is 0 Å². The van der Waals surface area contributed by atoms with E-state index in [0.29, 0.717) is 24.5 Å². The van der Waals surface area contributed by atoms with Gasteiger partial charge in [0.05, 0.1) is 5.69 Å². The van der Waals surface area contributed by atoms with Crippen molar-refractivity contribution in [2.24, 2.45) is 5.73 Å². The Morgan fingerprint density at radius 2 is 2.31 bits per heavy atom. The zero-order valence-corrected chi connectivity index (χ0v) is 8.89. The first kappa shape index (κ1) is 11.1. The Balaban J connectivity index is 2.50. The number of fused-ring (bicyclic) bond motifs is 1. The number of carboxylic acids is 1. The number of nitrogens with two attached hydrogens (primary N) is 1. The summed E-state index contributed by atoms with van der Waals surface area (Å²) in [5.74, 6) is -0.657. The molecule has 0 saturated heterocycles. The fraction of sp³-hybridized carbons (Fsp3) is 0.600. The van der Waals surface area contributed by atoms with Gasteiger partial charge in [0.25, 0.3) is 0 Å². The van der Waals surface area contributed by atoms with Crippen molar-refractivity contribution >= 4 is 5.97 Å². The molecule has 16 heavy (non-hydrogen) atoms. The van der Waals surface area contributed by atoms with Crippen molar-refractivity contribution in [2.75, 3.05) is 6.54 Å². The Morgan fingerprint density at radius 3 is 2.94 bits per heavy atom. The highest BCUT2D eigenvalue weighted by Crippen LogP contribution is 2.24. The first-order chi connectivity index (χ1) is 7.65. The number of aromatic carboxylic acids is 1. The number of hydrogen-bond acceptors (Lipinski definition) is 4. The number of carbonyl (C=O) groups is 1. The fourth-order valence-electron chi connectivity index (χ4n) is 2.10. The minimum atomic E-state index is -1.04. The lowest BCUT2D eigenvalue weighted by Crippen LogP contribution is -2.20. The van der Waals surface area contributed by atoms with Crippen molar-refractivity contribution in [1.82, 2.24) is 9.55 Å². The van der Waals surface area contributed by atoms with E-state index in [4.69, 9.17) is 10.8 Å². The van der Waals surface area contributed by atoms with E-state index in [2.05, 4.69) is 4.98 Å². The molecule has 1 aromatic rings.